The van der Waals surface area contributed by atoms with Gasteiger partial charge in [0.05, 0.1) is 22.7 Å². The lowest BCUT2D eigenvalue weighted by atomic mass is 10.2. The average molecular weight is 213 g/mol. The van der Waals surface area contributed by atoms with Gasteiger partial charge in [0.2, 0.25) is 0 Å². The number of methoxy groups -OCH3 is 1. The second-order valence-electron chi connectivity index (χ2n) is 2.82. The Kier molecular flexibility index (Phi) is 3.35. The Bertz CT molecular complexity index is 370. The van der Waals surface area contributed by atoms with Gasteiger partial charge in [-0.05, 0) is 13.8 Å². The summed E-state index contributed by atoms with van der Waals surface area (Å²) in [6.45, 7) is 3.58. The van der Waals surface area contributed by atoms with Crippen molar-refractivity contribution >= 4 is 23.1 Å². The lowest BCUT2D eigenvalue weighted by Gasteiger charge is -1.96. The van der Waals surface area contributed by atoms with E-state index in [0.29, 0.717) is 10.6 Å². The third-order valence-electron chi connectivity index (χ3n) is 1.69. The van der Waals surface area contributed by atoms with Gasteiger partial charge in [0.1, 0.15) is 6.42 Å². The standard InChI is InChI=1S/C9H11NO3S/c1-5-9(14-6(2)10-5)7(11)4-8(12)13-3/h4H2,1-3H3. The number of hydrogen-bond donors (Lipinski definition) is 0. The van der Waals surface area contributed by atoms with Crippen molar-refractivity contribution in [2.24, 2.45) is 0 Å². The van der Waals surface area contributed by atoms with E-state index in [1.807, 2.05) is 6.92 Å². The van der Waals surface area contributed by atoms with Crippen LogP contribution in [0.3, 0.4) is 0 Å². The molecule has 1 rings (SSSR count). The second kappa shape index (κ2) is 4.32. The minimum Gasteiger partial charge on any atom is -0.469 e. The molecule has 0 atom stereocenters. The van der Waals surface area contributed by atoms with Crippen molar-refractivity contribution in [1.82, 2.24) is 4.98 Å². The Labute approximate surface area is 85.9 Å². The molecule has 0 amide bonds. The molecule has 0 spiro atoms. The Hall–Kier alpha value is -1.23. The second-order valence-corrected chi connectivity index (χ2v) is 4.03. The zero-order chi connectivity index (χ0) is 10.7. The molecule has 1 aromatic rings. The van der Waals surface area contributed by atoms with Crippen molar-refractivity contribution in [3.63, 3.8) is 0 Å². The minimum atomic E-state index is -0.513. The van der Waals surface area contributed by atoms with Crippen molar-refractivity contribution in [2.45, 2.75) is 20.3 Å². The van der Waals surface area contributed by atoms with Crippen LogP contribution >= 0.6 is 11.3 Å². The smallest absolute Gasteiger partial charge is 0.313 e. The number of thiazole rings is 1. The molecule has 14 heavy (non-hydrogen) atoms. The summed E-state index contributed by atoms with van der Waals surface area (Å²) >= 11 is 1.31. The highest BCUT2D eigenvalue weighted by Crippen LogP contribution is 2.18. The number of hydrogen-bond acceptors (Lipinski definition) is 5. The summed E-state index contributed by atoms with van der Waals surface area (Å²) in [4.78, 5) is 27.0. The summed E-state index contributed by atoms with van der Waals surface area (Å²) in [6, 6.07) is 0. The number of carbonyl (C=O) groups is 2. The molecule has 5 heteroatoms. The molecular weight excluding hydrogens is 202 g/mol. The fraction of sp³-hybridized carbons (Fsp3) is 0.444. The van der Waals surface area contributed by atoms with E-state index in [1.54, 1.807) is 6.92 Å². The van der Waals surface area contributed by atoms with E-state index in [4.69, 9.17) is 0 Å². The first-order chi connectivity index (χ1) is 6.54. The highest BCUT2D eigenvalue weighted by Gasteiger charge is 2.17. The molecule has 0 aliphatic rings. The van der Waals surface area contributed by atoms with Gasteiger partial charge in [0, 0.05) is 0 Å². The molecule has 1 aromatic heterocycles. The summed E-state index contributed by atoms with van der Waals surface area (Å²) in [5.74, 6) is -0.736. The van der Waals surface area contributed by atoms with E-state index < -0.39 is 5.97 Å². The van der Waals surface area contributed by atoms with Crippen LogP contribution in [-0.2, 0) is 9.53 Å². The predicted molar refractivity (Wildman–Crippen MR) is 52.6 cm³/mol. The van der Waals surface area contributed by atoms with Crippen molar-refractivity contribution in [2.75, 3.05) is 7.11 Å². The quantitative estimate of drug-likeness (QED) is 0.434. The number of Topliss-reactive ketones (excluding diaryl/α,β-unsaturated/α-hetero) is 1. The van der Waals surface area contributed by atoms with E-state index in [0.717, 1.165) is 5.01 Å². The highest BCUT2D eigenvalue weighted by molar-refractivity contribution is 7.13. The van der Waals surface area contributed by atoms with E-state index in [1.165, 1.54) is 18.4 Å². The topological polar surface area (TPSA) is 56.3 Å². The zero-order valence-electron chi connectivity index (χ0n) is 8.29. The first-order valence-electron chi connectivity index (χ1n) is 4.08. The van der Waals surface area contributed by atoms with Crippen LogP contribution in [0.4, 0.5) is 0 Å². The molecule has 0 aromatic carbocycles. The van der Waals surface area contributed by atoms with Crippen molar-refractivity contribution in [3.05, 3.63) is 15.6 Å². The Morgan fingerprint density at radius 1 is 1.43 bits per heavy atom. The molecule has 76 valence electrons. The van der Waals surface area contributed by atoms with E-state index >= 15 is 0 Å². The van der Waals surface area contributed by atoms with Gasteiger partial charge in [-0.3, -0.25) is 9.59 Å². The third kappa shape index (κ3) is 2.38. The molecule has 0 saturated heterocycles. The fourth-order valence-corrected chi connectivity index (χ4v) is 1.93. The van der Waals surface area contributed by atoms with Crippen LogP contribution in [0.2, 0.25) is 0 Å². The van der Waals surface area contributed by atoms with Crippen LogP contribution in [0.1, 0.15) is 26.8 Å². The zero-order valence-corrected chi connectivity index (χ0v) is 9.10. The maximum atomic E-state index is 11.5. The van der Waals surface area contributed by atoms with Crippen LogP contribution in [0.15, 0.2) is 0 Å². The monoisotopic (exact) mass is 213 g/mol. The average Bonchev–Trinajstić information content (AvgIpc) is 2.45. The first kappa shape index (κ1) is 10.8. The molecule has 0 unspecified atom stereocenters. The van der Waals surface area contributed by atoms with Gasteiger partial charge >= 0.3 is 5.97 Å². The van der Waals surface area contributed by atoms with Gasteiger partial charge < -0.3 is 4.74 Å². The Morgan fingerprint density at radius 2 is 2.07 bits per heavy atom. The van der Waals surface area contributed by atoms with E-state index in [-0.39, 0.29) is 12.2 Å². The maximum Gasteiger partial charge on any atom is 0.313 e. The van der Waals surface area contributed by atoms with E-state index in [9.17, 15) is 9.59 Å². The SMILES string of the molecule is COC(=O)CC(=O)c1sc(C)nc1C. The Morgan fingerprint density at radius 3 is 2.50 bits per heavy atom. The fourth-order valence-electron chi connectivity index (χ4n) is 1.07. The highest BCUT2D eigenvalue weighted by atomic mass is 32.1. The minimum absolute atomic E-state index is 0.209. The largest absolute Gasteiger partial charge is 0.469 e. The maximum absolute atomic E-state index is 11.5. The summed E-state index contributed by atoms with van der Waals surface area (Å²) < 4.78 is 4.41. The van der Waals surface area contributed by atoms with Gasteiger partial charge in [-0.15, -0.1) is 11.3 Å². The normalized spacial score (nSPS) is 9.93. The first-order valence-corrected chi connectivity index (χ1v) is 4.90. The third-order valence-corrected chi connectivity index (χ3v) is 2.80. The molecule has 0 aliphatic heterocycles. The number of nitrogens with zero attached hydrogens (tertiary/aromatic N) is 1. The van der Waals surface area contributed by atoms with Gasteiger partial charge in [-0.1, -0.05) is 0 Å². The van der Waals surface area contributed by atoms with Crippen molar-refractivity contribution in [3.8, 4) is 0 Å². The molecule has 0 bridgehead atoms. The predicted octanol–water partition coefficient (Wildman–Crippen LogP) is 1.51. The molecule has 0 aliphatic carbocycles. The van der Waals surface area contributed by atoms with Crippen molar-refractivity contribution in [1.29, 1.82) is 0 Å². The van der Waals surface area contributed by atoms with Crippen LogP contribution < -0.4 is 0 Å². The number of carbonyl (C=O) groups excluding carboxylic acids is 2. The molecular formula is C9H11NO3S. The molecule has 4 nitrogen and oxygen atoms in total. The van der Waals surface area contributed by atoms with Gasteiger partial charge in [0.25, 0.3) is 0 Å². The lowest BCUT2D eigenvalue weighted by molar-refractivity contribution is -0.139. The number of esters is 1. The number of ether oxygens (including phenoxy) is 1. The summed E-state index contributed by atoms with van der Waals surface area (Å²) in [7, 11) is 1.26. The Balaban J connectivity index is 2.79. The molecule has 1 heterocycles. The number of rotatable bonds is 3. The summed E-state index contributed by atoms with van der Waals surface area (Å²) in [6.07, 6.45) is -0.209. The summed E-state index contributed by atoms with van der Waals surface area (Å²) in [5.41, 5.74) is 0.682. The van der Waals surface area contributed by atoms with Crippen LogP contribution in [0.5, 0.6) is 0 Å². The molecule has 0 N–H and O–H groups in total. The van der Waals surface area contributed by atoms with Gasteiger partial charge in [-0.25, -0.2) is 4.98 Å². The molecule has 0 radical (unpaired) electrons. The summed E-state index contributed by atoms with van der Waals surface area (Å²) in [5, 5.41) is 0.829. The van der Waals surface area contributed by atoms with Crippen LogP contribution in [0, 0.1) is 13.8 Å². The molecule has 0 fully saturated rings. The van der Waals surface area contributed by atoms with Crippen molar-refractivity contribution < 1.29 is 14.3 Å². The van der Waals surface area contributed by atoms with Gasteiger partial charge in [0.15, 0.2) is 5.78 Å². The lowest BCUT2D eigenvalue weighted by Crippen LogP contribution is -2.09. The van der Waals surface area contributed by atoms with E-state index in [2.05, 4.69) is 9.72 Å². The molecule has 0 saturated carbocycles. The van der Waals surface area contributed by atoms with Crippen LogP contribution in [-0.4, -0.2) is 23.8 Å². The number of aromatic nitrogens is 1. The van der Waals surface area contributed by atoms with Crippen LogP contribution in [0.25, 0.3) is 0 Å². The number of aryl methyl sites for hydroxylation is 2. The van der Waals surface area contributed by atoms with Gasteiger partial charge in [-0.2, -0.15) is 0 Å². The number of ketones is 1.